The van der Waals surface area contributed by atoms with E-state index in [4.69, 9.17) is 13.7 Å². The highest BCUT2D eigenvalue weighted by Crippen LogP contribution is 2.29. The van der Waals surface area contributed by atoms with E-state index in [0.29, 0.717) is 18.3 Å². The SMILES string of the molecule is CC(C)(C)OC(=O)NC(C)(C)c1noc(CN2CCCC(c3nc4ccccc4o3)C2)n1. The number of rotatable bonds is 5. The van der Waals surface area contributed by atoms with E-state index in [9.17, 15) is 4.79 Å². The second-order valence-corrected chi connectivity index (χ2v) is 9.86. The minimum Gasteiger partial charge on any atom is -0.444 e. The molecule has 1 N–H and O–H groups in total. The van der Waals surface area contributed by atoms with Crippen molar-refractivity contribution in [2.24, 2.45) is 0 Å². The summed E-state index contributed by atoms with van der Waals surface area (Å²) in [6.07, 6.45) is 1.55. The lowest BCUT2D eigenvalue weighted by Crippen LogP contribution is -2.44. The number of nitrogens with one attached hydrogen (secondary N) is 1. The lowest BCUT2D eigenvalue weighted by molar-refractivity contribution is 0.0465. The highest BCUT2D eigenvalue weighted by atomic mass is 16.6. The quantitative estimate of drug-likeness (QED) is 0.623. The van der Waals surface area contributed by atoms with Crippen LogP contribution in [0.3, 0.4) is 0 Å². The molecular weight excluding hydrogens is 410 g/mol. The maximum atomic E-state index is 12.2. The van der Waals surface area contributed by atoms with Crippen LogP contribution in [0.4, 0.5) is 4.79 Å². The summed E-state index contributed by atoms with van der Waals surface area (Å²) in [7, 11) is 0. The van der Waals surface area contributed by atoms with E-state index < -0.39 is 17.2 Å². The second kappa shape index (κ2) is 8.54. The fraction of sp³-hybridized carbons (Fsp3) is 0.565. The van der Waals surface area contributed by atoms with Crippen molar-refractivity contribution in [1.82, 2.24) is 25.3 Å². The Morgan fingerprint density at radius 3 is 2.75 bits per heavy atom. The predicted molar refractivity (Wildman–Crippen MR) is 118 cm³/mol. The Hall–Kier alpha value is -2.94. The maximum Gasteiger partial charge on any atom is 0.408 e. The smallest absolute Gasteiger partial charge is 0.408 e. The number of carbonyl (C=O) groups is 1. The molecule has 1 aliphatic rings. The zero-order chi connectivity index (χ0) is 22.9. The number of carbonyl (C=O) groups excluding carboxylic acids is 1. The molecule has 1 saturated heterocycles. The van der Waals surface area contributed by atoms with Crippen molar-refractivity contribution in [2.75, 3.05) is 13.1 Å². The topological polar surface area (TPSA) is 107 Å². The Morgan fingerprint density at radius 2 is 2.00 bits per heavy atom. The third kappa shape index (κ3) is 5.27. The number of benzene rings is 1. The molecule has 9 heteroatoms. The third-order valence-electron chi connectivity index (χ3n) is 5.36. The first kappa shape index (κ1) is 22.3. The number of ether oxygens (including phenoxy) is 1. The van der Waals surface area contributed by atoms with Gasteiger partial charge in [0.15, 0.2) is 17.3 Å². The van der Waals surface area contributed by atoms with Gasteiger partial charge >= 0.3 is 6.09 Å². The third-order valence-corrected chi connectivity index (χ3v) is 5.36. The summed E-state index contributed by atoms with van der Waals surface area (Å²) in [4.78, 5) is 23.6. The molecule has 0 saturated carbocycles. The van der Waals surface area contributed by atoms with E-state index in [1.54, 1.807) is 0 Å². The van der Waals surface area contributed by atoms with Crippen molar-refractivity contribution in [3.63, 3.8) is 0 Å². The second-order valence-electron chi connectivity index (χ2n) is 9.86. The van der Waals surface area contributed by atoms with Crippen LogP contribution in [0.5, 0.6) is 0 Å². The summed E-state index contributed by atoms with van der Waals surface area (Å²) in [5.41, 5.74) is 0.302. The van der Waals surface area contributed by atoms with Crippen LogP contribution in [0.2, 0.25) is 0 Å². The molecule has 1 unspecified atom stereocenters. The van der Waals surface area contributed by atoms with Crippen LogP contribution in [-0.2, 0) is 16.8 Å². The molecule has 2 aromatic heterocycles. The molecule has 3 heterocycles. The normalized spacial score (nSPS) is 18.1. The van der Waals surface area contributed by atoms with Crippen LogP contribution in [-0.4, -0.2) is 44.8 Å². The Bertz CT molecular complexity index is 1050. The monoisotopic (exact) mass is 441 g/mol. The molecule has 1 amide bonds. The van der Waals surface area contributed by atoms with E-state index in [-0.39, 0.29) is 5.92 Å². The summed E-state index contributed by atoms with van der Waals surface area (Å²) in [5.74, 6) is 1.93. The van der Waals surface area contributed by atoms with Gasteiger partial charge in [-0.2, -0.15) is 4.98 Å². The zero-order valence-electron chi connectivity index (χ0n) is 19.3. The number of amides is 1. The van der Waals surface area contributed by atoms with Crippen LogP contribution in [0.1, 0.15) is 71.0 Å². The van der Waals surface area contributed by atoms with Crippen molar-refractivity contribution in [1.29, 1.82) is 0 Å². The van der Waals surface area contributed by atoms with Crippen molar-refractivity contribution < 1.29 is 18.5 Å². The van der Waals surface area contributed by atoms with Crippen LogP contribution < -0.4 is 5.32 Å². The molecular formula is C23H31N5O4. The van der Waals surface area contributed by atoms with Crippen molar-refractivity contribution in [3.05, 3.63) is 41.9 Å². The van der Waals surface area contributed by atoms with E-state index in [1.807, 2.05) is 58.9 Å². The van der Waals surface area contributed by atoms with Gasteiger partial charge in [-0.1, -0.05) is 17.3 Å². The summed E-state index contributed by atoms with van der Waals surface area (Å²) in [5, 5.41) is 6.90. The van der Waals surface area contributed by atoms with Gasteiger partial charge in [-0.3, -0.25) is 4.90 Å². The molecule has 4 rings (SSSR count). The summed E-state index contributed by atoms with van der Waals surface area (Å²) < 4.78 is 16.8. The average molecular weight is 442 g/mol. The fourth-order valence-corrected chi connectivity index (χ4v) is 3.84. The van der Waals surface area contributed by atoms with Gasteiger partial charge in [0, 0.05) is 12.5 Å². The van der Waals surface area contributed by atoms with Crippen molar-refractivity contribution in [3.8, 4) is 0 Å². The number of alkyl carbamates (subject to hydrolysis) is 1. The number of nitrogens with zero attached hydrogens (tertiary/aromatic N) is 4. The number of oxazole rings is 1. The summed E-state index contributed by atoms with van der Waals surface area (Å²) >= 11 is 0. The van der Waals surface area contributed by atoms with E-state index in [2.05, 4.69) is 25.3 Å². The standard InChI is InChI=1S/C23H31N5O4/c1-22(2,3)31-21(29)26-23(4,5)20-25-18(32-27-20)14-28-12-8-9-15(13-28)19-24-16-10-6-7-11-17(16)30-19/h6-7,10-11,15H,8-9,12-14H2,1-5H3,(H,26,29). The predicted octanol–water partition coefficient (Wildman–Crippen LogP) is 4.35. The van der Waals surface area contributed by atoms with E-state index >= 15 is 0 Å². The summed E-state index contributed by atoms with van der Waals surface area (Å²) in [6.45, 7) is 11.4. The van der Waals surface area contributed by atoms with E-state index in [1.165, 1.54) is 0 Å². The van der Waals surface area contributed by atoms with Gasteiger partial charge in [-0.25, -0.2) is 9.78 Å². The van der Waals surface area contributed by atoms with Gasteiger partial charge in [-0.15, -0.1) is 0 Å². The molecule has 0 radical (unpaired) electrons. The average Bonchev–Trinajstić information content (AvgIpc) is 3.33. The largest absolute Gasteiger partial charge is 0.444 e. The number of para-hydroxylation sites is 2. The fourth-order valence-electron chi connectivity index (χ4n) is 3.84. The lowest BCUT2D eigenvalue weighted by Gasteiger charge is -2.29. The molecule has 0 aliphatic carbocycles. The molecule has 0 spiro atoms. The van der Waals surface area contributed by atoms with Crippen LogP contribution >= 0.6 is 0 Å². The van der Waals surface area contributed by atoms with Crippen molar-refractivity contribution >= 4 is 17.2 Å². The first-order chi connectivity index (χ1) is 15.1. The van der Waals surface area contributed by atoms with Gasteiger partial charge in [-0.05, 0) is 66.1 Å². The summed E-state index contributed by atoms with van der Waals surface area (Å²) in [6, 6.07) is 7.83. The van der Waals surface area contributed by atoms with Gasteiger partial charge in [0.25, 0.3) is 0 Å². The van der Waals surface area contributed by atoms with Gasteiger partial charge in [0.2, 0.25) is 5.89 Å². The molecule has 1 aromatic carbocycles. The lowest BCUT2D eigenvalue weighted by atomic mass is 9.98. The van der Waals surface area contributed by atoms with Gasteiger partial charge < -0.3 is 19.0 Å². The first-order valence-electron chi connectivity index (χ1n) is 11.0. The first-order valence-corrected chi connectivity index (χ1v) is 11.0. The Morgan fingerprint density at radius 1 is 1.22 bits per heavy atom. The molecule has 1 atom stereocenters. The van der Waals surface area contributed by atoms with Crippen LogP contribution in [0.25, 0.3) is 11.1 Å². The molecule has 0 bridgehead atoms. The Kier molecular flexibility index (Phi) is 5.94. The number of piperidine rings is 1. The van der Waals surface area contributed by atoms with Crippen molar-refractivity contribution in [2.45, 2.75) is 71.1 Å². The Labute approximate surface area is 187 Å². The van der Waals surface area contributed by atoms with Gasteiger partial charge in [0.1, 0.15) is 16.7 Å². The zero-order valence-corrected chi connectivity index (χ0v) is 19.3. The minimum absolute atomic E-state index is 0.226. The molecule has 3 aromatic rings. The number of likely N-dealkylation sites (tertiary alicyclic amines) is 1. The maximum absolute atomic E-state index is 12.2. The molecule has 172 valence electrons. The molecule has 1 fully saturated rings. The van der Waals surface area contributed by atoms with Crippen LogP contribution in [0, 0.1) is 0 Å². The molecule has 9 nitrogen and oxygen atoms in total. The number of fused-ring (bicyclic) bond motifs is 1. The number of hydrogen-bond acceptors (Lipinski definition) is 8. The molecule has 1 aliphatic heterocycles. The van der Waals surface area contributed by atoms with Crippen LogP contribution in [0.15, 0.2) is 33.2 Å². The Balaban J connectivity index is 1.38. The number of hydrogen-bond donors (Lipinski definition) is 1. The molecule has 32 heavy (non-hydrogen) atoms. The number of aromatic nitrogens is 3. The van der Waals surface area contributed by atoms with E-state index in [0.717, 1.165) is 42.9 Å². The van der Waals surface area contributed by atoms with Gasteiger partial charge in [0.05, 0.1) is 6.54 Å². The highest BCUT2D eigenvalue weighted by Gasteiger charge is 2.32. The highest BCUT2D eigenvalue weighted by molar-refractivity contribution is 5.72. The minimum atomic E-state index is -0.827.